The number of nitrogens with zero attached hydrogens (tertiary/aromatic N) is 1. The van der Waals surface area contributed by atoms with E-state index in [0.717, 1.165) is 0 Å². The maximum Gasteiger partial charge on any atom is 0.274 e. The predicted molar refractivity (Wildman–Crippen MR) is 141 cm³/mol. The summed E-state index contributed by atoms with van der Waals surface area (Å²) in [7, 11) is 0. The number of carbonyl (C=O) groups is 3. The number of hydroxylamine groups is 1. The van der Waals surface area contributed by atoms with Gasteiger partial charge in [-0.3, -0.25) is 19.6 Å². The second-order valence-corrected chi connectivity index (χ2v) is 9.49. The molecule has 3 rings (SSSR count). The Kier molecular flexibility index (Phi) is 9.36. The van der Waals surface area contributed by atoms with Crippen LogP contribution in [0.25, 0.3) is 0 Å². The van der Waals surface area contributed by atoms with E-state index in [-0.39, 0.29) is 0 Å². The lowest BCUT2D eigenvalue weighted by atomic mass is 9.85. The van der Waals surface area contributed by atoms with Gasteiger partial charge in [0.15, 0.2) is 6.10 Å². The number of anilines is 2. The summed E-state index contributed by atoms with van der Waals surface area (Å²) >= 11 is 0. The second-order valence-electron chi connectivity index (χ2n) is 9.49. The van der Waals surface area contributed by atoms with Gasteiger partial charge in [0.05, 0.1) is 0 Å². The summed E-state index contributed by atoms with van der Waals surface area (Å²) in [6.07, 6.45) is -0.472. The number of hydrogen-bond acceptors (Lipinski definition) is 8. The highest BCUT2D eigenvalue weighted by molar-refractivity contribution is 5.99. The lowest BCUT2D eigenvalue weighted by Gasteiger charge is -2.32. The number of nitrogens with one attached hydrogen (secondary N) is 4. The molecule has 3 amide bonds. The number of carbonyl (C=O) groups excluding carboxylic acids is 3. The number of hydrogen-bond donors (Lipinski definition) is 6. The predicted octanol–water partition coefficient (Wildman–Crippen LogP) is 2.69. The molecular formula is C27H31N5O6. The van der Waals surface area contributed by atoms with Crippen LogP contribution < -0.4 is 26.2 Å². The molecule has 6 N–H and O–H groups in total. The van der Waals surface area contributed by atoms with Crippen LogP contribution in [0.3, 0.4) is 0 Å². The van der Waals surface area contributed by atoms with Gasteiger partial charge in [0.2, 0.25) is 11.8 Å². The third-order valence-corrected chi connectivity index (χ3v) is 5.46. The van der Waals surface area contributed by atoms with E-state index < -0.39 is 41.3 Å². The molecule has 200 valence electrons. The largest absolute Gasteiger partial charge is 0.457 e. The van der Waals surface area contributed by atoms with Gasteiger partial charge in [0.1, 0.15) is 29.4 Å². The van der Waals surface area contributed by atoms with Crippen molar-refractivity contribution in [3.63, 3.8) is 0 Å². The van der Waals surface area contributed by atoms with E-state index in [1.165, 1.54) is 11.7 Å². The van der Waals surface area contributed by atoms with E-state index in [2.05, 4.69) is 20.9 Å². The number of aromatic nitrogens is 1. The number of benzene rings is 2. The van der Waals surface area contributed by atoms with Gasteiger partial charge in [0.25, 0.3) is 5.91 Å². The third kappa shape index (κ3) is 7.76. The van der Waals surface area contributed by atoms with E-state index in [4.69, 9.17) is 9.94 Å². The Hall–Kier alpha value is -4.48. The summed E-state index contributed by atoms with van der Waals surface area (Å²) in [4.78, 5) is 42.4. The zero-order valence-electron chi connectivity index (χ0n) is 21.2. The number of rotatable bonds is 10. The summed E-state index contributed by atoms with van der Waals surface area (Å²) in [6.45, 7) is 5.25. The standard InChI is InChI=1S/C27H31N5O6/c1-27(2,3)23(26(36)30-20-11-7-8-16-28-20)31-24(34)21(22(33)25(35)32-37)29-17-12-14-19(15-13-17)38-18-9-5-4-6-10-18/h4-16,21-23,29,33,37H,1-3H3,(H,31,34)(H,32,35)(H,28,30,36). The molecule has 0 aliphatic carbocycles. The van der Waals surface area contributed by atoms with E-state index in [9.17, 15) is 19.5 Å². The first-order chi connectivity index (χ1) is 18.1. The van der Waals surface area contributed by atoms with Crippen LogP contribution in [0, 0.1) is 5.41 Å². The smallest absolute Gasteiger partial charge is 0.274 e. The molecule has 2 aromatic carbocycles. The molecular weight excluding hydrogens is 490 g/mol. The van der Waals surface area contributed by atoms with E-state index in [1.54, 1.807) is 75.4 Å². The number of pyridine rings is 1. The molecule has 11 nitrogen and oxygen atoms in total. The van der Waals surface area contributed by atoms with Gasteiger partial charge in [-0.1, -0.05) is 45.0 Å². The summed E-state index contributed by atoms with van der Waals surface area (Å²) in [6, 6.07) is 18.0. The first-order valence-electron chi connectivity index (χ1n) is 11.8. The SMILES string of the molecule is CC(C)(C)C(NC(=O)C(Nc1ccc(Oc2ccccc2)cc1)C(O)C(=O)NO)C(=O)Nc1ccccn1. The van der Waals surface area contributed by atoms with Crippen LogP contribution in [0.4, 0.5) is 11.5 Å². The molecule has 0 aliphatic heterocycles. The summed E-state index contributed by atoms with van der Waals surface area (Å²) in [5.41, 5.74) is 0.970. The molecule has 0 saturated heterocycles. The van der Waals surface area contributed by atoms with Crippen molar-refractivity contribution in [3.05, 3.63) is 79.0 Å². The molecule has 0 aliphatic rings. The molecule has 38 heavy (non-hydrogen) atoms. The Morgan fingerprint density at radius 2 is 1.47 bits per heavy atom. The number of aliphatic hydroxyl groups excluding tert-OH is 1. The summed E-state index contributed by atoms with van der Waals surface area (Å²) < 4.78 is 5.75. The van der Waals surface area contributed by atoms with Crippen LogP contribution >= 0.6 is 0 Å². The van der Waals surface area contributed by atoms with Crippen molar-refractivity contribution in [1.29, 1.82) is 0 Å². The zero-order chi connectivity index (χ0) is 27.7. The third-order valence-electron chi connectivity index (χ3n) is 5.46. The molecule has 3 unspecified atom stereocenters. The van der Waals surface area contributed by atoms with Crippen molar-refractivity contribution < 1.29 is 29.4 Å². The molecule has 3 aromatic rings. The summed E-state index contributed by atoms with van der Waals surface area (Å²) in [5, 5.41) is 27.6. The highest BCUT2D eigenvalue weighted by Gasteiger charge is 2.38. The maximum atomic E-state index is 13.3. The van der Waals surface area contributed by atoms with Crippen molar-refractivity contribution in [2.24, 2.45) is 5.41 Å². The van der Waals surface area contributed by atoms with E-state index in [1.807, 2.05) is 18.2 Å². The van der Waals surface area contributed by atoms with Crippen LogP contribution in [-0.2, 0) is 14.4 Å². The Morgan fingerprint density at radius 1 is 0.842 bits per heavy atom. The topological polar surface area (TPSA) is 162 Å². The van der Waals surface area contributed by atoms with Gasteiger partial charge >= 0.3 is 0 Å². The molecule has 0 saturated carbocycles. The number of para-hydroxylation sites is 1. The minimum absolute atomic E-state index is 0.299. The lowest BCUT2D eigenvalue weighted by molar-refractivity contribution is -0.142. The zero-order valence-corrected chi connectivity index (χ0v) is 21.2. The Morgan fingerprint density at radius 3 is 2.05 bits per heavy atom. The minimum atomic E-state index is -1.99. The van der Waals surface area contributed by atoms with Gasteiger partial charge in [-0.05, 0) is 53.9 Å². The first-order valence-corrected chi connectivity index (χ1v) is 11.8. The van der Waals surface area contributed by atoms with Gasteiger partial charge in [-0.15, -0.1) is 0 Å². The van der Waals surface area contributed by atoms with Crippen molar-refractivity contribution in [3.8, 4) is 11.5 Å². The van der Waals surface area contributed by atoms with Gasteiger partial charge in [-0.25, -0.2) is 10.5 Å². The molecule has 11 heteroatoms. The highest BCUT2D eigenvalue weighted by atomic mass is 16.5. The van der Waals surface area contributed by atoms with Crippen LogP contribution in [0.5, 0.6) is 11.5 Å². The van der Waals surface area contributed by atoms with E-state index in [0.29, 0.717) is 23.0 Å². The minimum Gasteiger partial charge on any atom is -0.457 e. The summed E-state index contributed by atoms with van der Waals surface area (Å²) in [5.74, 6) is -1.12. The number of aliphatic hydroxyl groups is 1. The van der Waals surface area contributed by atoms with Crippen molar-refractivity contribution in [1.82, 2.24) is 15.8 Å². The molecule has 0 fully saturated rings. The van der Waals surface area contributed by atoms with Crippen LogP contribution in [0.1, 0.15) is 20.8 Å². The van der Waals surface area contributed by atoms with Crippen molar-refractivity contribution >= 4 is 29.2 Å². The molecule has 1 aromatic heterocycles. The number of ether oxygens (including phenoxy) is 1. The Bertz CT molecular complexity index is 1220. The average Bonchev–Trinajstić information content (AvgIpc) is 2.90. The fourth-order valence-corrected chi connectivity index (χ4v) is 3.47. The second kappa shape index (κ2) is 12.7. The molecule has 1 heterocycles. The first kappa shape index (κ1) is 28.1. The molecule has 0 radical (unpaired) electrons. The normalized spacial score (nSPS) is 13.4. The van der Waals surface area contributed by atoms with Crippen molar-refractivity contribution in [2.75, 3.05) is 10.6 Å². The van der Waals surface area contributed by atoms with Gasteiger partial charge in [-0.2, -0.15) is 0 Å². The van der Waals surface area contributed by atoms with E-state index >= 15 is 0 Å². The van der Waals surface area contributed by atoms with Crippen molar-refractivity contribution in [2.45, 2.75) is 39.0 Å². The fourth-order valence-electron chi connectivity index (χ4n) is 3.47. The number of amides is 3. The average molecular weight is 522 g/mol. The lowest BCUT2D eigenvalue weighted by Crippen LogP contribution is -2.59. The molecule has 0 spiro atoms. The Labute approximate surface area is 220 Å². The highest BCUT2D eigenvalue weighted by Crippen LogP contribution is 2.24. The van der Waals surface area contributed by atoms with Gasteiger partial charge in [0, 0.05) is 11.9 Å². The molecule has 0 bridgehead atoms. The van der Waals surface area contributed by atoms with Crippen LogP contribution in [-0.4, -0.2) is 51.2 Å². The van der Waals surface area contributed by atoms with Gasteiger partial charge < -0.3 is 25.8 Å². The molecule has 3 atom stereocenters. The fraction of sp³-hybridized carbons (Fsp3) is 0.259. The maximum absolute atomic E-state index is 13.3. The van der Waals surface area contributed by atoms with Crippen LogP contribution in [0.15, 0.2) is 79.0 Å². The Balaban J connectivity index is 1.78. The quantitative estimate of drug-likeness (QED) is 0.175. The van der Waals surface area contributed by atoms with Crippen LogP contribution in [0.2, 0.25) is 0 Å². The monoisotopic (exact) mass is 521 g/mol.